The lowest BCUT2D eigenvalue weighted by Crippen LogP contribution is -2.47. The van der Waals surface area contributed by atoms with Gasteiger partial charge < -0.3 is 9.64 Å². The summed E-state index contributed by atoms with van der Waals surface area (Å²) in [5.41, 5.74) is 5.37. The number of aromatic nitrogens is 2. The number of piperazine rings is 1. The highest BCUT2D eigenvalue weighted by atomic mass is 16.5. The first-order chi connectivity index (χ1) is 16.8. The van der Waals surface area contributed by atoms with E-state index in [1.807, 2.05) is 0 Å². The van der Waals surface area contributed by atoms with Gasteiger partial charge in [-0.15, -0.1) is 0 Å². The summed E-state index contributed by atoms with van der Waals surface area (Å²) in [5.74, 6) is 2.05. The van der Waals surface area contributed by atoms with Crippen molar-refractivity contribution in [2.24, 2.45) is 5.92 Å². The van der Waals surface area contributed by atoms with E-state index in [-0.39, 0.29) is 0 Å². The molecule has 3 aromatic rings. The van der Waals surface area contributed by atoms with Crippen molar-refractivity contribution in [1.82, 2.24) is 19.2 Å². The summed E-state index contributed by atoms with van der Waals surface area (Å²) < 4.78 is 7.58. The molecule has 1 aromatic carbocycles. The highest BCUT2D eigenvalue weighted by Crippen LogP contribution is 2.44. The number of aryl methyl sites for hydroxylation is 1. The molecule has 2 fully saturated rings. The van der Waals surface area contributed by atoms with Crippen LogP contribution in [0.3, 0.4) is 0 Å². The number of anilines is 1. The third kappa shape index (κ3) is 4.23. The van der Waals surface area contributed by atoms with Crippen molar-refractivity contribution >= 4 is 11.5 Å². The van der Waals surface area contributed by atoms with Crippen molar-refractivity contribution in [2.45, 2.75) is 38.3 Å². The highest BCUT2D eigenvalue weighted by molar-refractivity contribution is 5.53. The Bertz CT molecular complexity index is 1120. The number of piperidine rings is 1. The lowest BCUT2D eigenvalue weighted by Gasteiger charge is -2.45. The average Bonchev–Trinajstić information content (AvgIpc) is 3.30. The highest BCUT2D eigenvalue weighted by Gasteiger charge is 2.36. The number of nitrogens with zero attached hydrogens (tertiary/aromatic N) is 5. The van der Waals surface area contributed by atoms with Gasteiger partial charge in [0.15, 0.2) is 0 Å². The van der Waals surface area contributed by atoms with Gasteiger partial charge in [0, 0.05) is 58.6 Å². The monoisotopic (exact) mass is 459 g/mol. The van der Waals surface area contributed by atoms with E-state index in [2.05, 4.69) is 67.8 Å². The molecular formula is C28H37N5O. The number of methoxy groups -OCH3 is 1. The molecule has 0 radical (unpaired) electrons. The maximum atomic E-state index is 5.26. The van der Waals surface area contributed by atoms with E-state index < -0.39 is 0 Å². The molecule has 0 amide bonds. The molecule has 2 aliphatic heterocycles. The Hall–Kier alpha value is -2.41. The van der Waals surface area contributed by atoms with E-state index in [9.17, 15) is 0 Å². The number of ether oxygens (including phenoxy) is 1. The van der Waals surface area contributed by atoms with Gasteiger partial charge >= 0.3 is 0 Å². The van der Waals surface area contributed by atoms with Crippen molar-refractivity contribution in [2.75, 3.05) is 57.9 Å². The molecule has 180 valence electrons. The van der Waals surface area contributed by atoms with E-state index in [0.717, 1.165) is 57.4 Å². The maximum Gasteiger partial charge on any atom is 0.138 e. The zero-order chi connectivity index (χ0) is 22.9. The minimum Gasteiger partial charge on any atom is -0.383 e. The Balaban J connectivity index is 1.22. The first-order valence-electron chi connectivity index (χ1n) is 13.1. The number of imidazole rings is 1. The minimum atomic E-state index is 0.545. The first kappa shape index (κ1) is 22.1. The van der Waals surface area contributed by atoms with Crippen LogP contribution >= 0.6 is 0 Å². The number of rotatable bonds is 6. The molecule has 0 bridgehead atoms. The Morgan fingerprint density at radius 2 is 1.85 bits per heavy atom. The molecule has 2 saturated heterocycles. The van der Waals surface area contributed by atoms with E-state index in [4.69, 9.17) is 9.72 Å². The number of likely N-dealkylation sites (tertiary alicyclic amines) is 1. The zero-order valence-electron chi connectivity index (χ0n) is 20.4. The van der Waals surface area contributed by atoms with Crippen molar-refractivity contribution in [3.8, 4) is 0 Å². The molecule has 6 rings (SSSR count). The second-order valence-electron chi connectivity index (χ2n) is 10.2. The Kier molecular flexibility index (Phi) is 6.29. The van der Waals surface area contributed by atoms with Crippen LogP contribution in [0.5, 0.6) is 0 Å². The van der Waals surface area contributed by atoms with Gasteiger partial charge in [-0.1, -0.05) is 30.3 Å². The van der Waals surface area contributed by atoms with E-state index in [0.29, 0.717) is 6.04 Å². The second kappa shape index (κ2) is 9.68. The number of benzene rings is 1. The lowest BCUT2D eigenvalue weighted by atomic mass is 9.75. The quantitative estimate of drug-likeness (QED) is 0.557. The molecule has 2 atom stereocenters. The van der Waals surface area contributed by atoms with Gasteiger partial charge in [0.25, 0.3) is 0 Å². The normalized spacial score (nSPS) is 23.7. The van der Waals surface area contributed by atoms with Crippen LogP contribution in [-0.4, -0.2) is 72.2 Å². The fourth-order valence-corrected chi connectivity index (χ4v) is 6.48. The lowest BCUT2D eigenvalue weighted by molar-refractivity contribution is 0.0719. The molecule has 6 heteroatoms. The Morgan fingerprint density at radius 3 is 2.74 bits per heavy atom. The maximum absolute atomic E-state index is 5.26. The molecule has 0 N–H and O–H groups in total. The van der Waals surface area contributed by atoms with Crippen molar-refractivity contribution in [3.05, 3.63) is 65.5 Å². The fourth-order valence-electron chi connectivity index (χ4n) is 6.48. The predicted octanol–water partition coefficient (Wildman–Crippen LogP) is 4.00. The average molecular weight is 460 g/mol. The summed E-state index contributed by atoms with van der Waals surface area (Å²) in [5, 5.41) is 0. The number of hydrogen-bond acceptors (Lipinski definition) is 5. The fraction of sp³-hybridized carbons (Fsp3) is 0.536. The smallest absolute Gasteiger partial charge is 0.138 e. The third-order valence-electron chi connectivity index (χ3n) is 8.21. The van der Waals surface area contributed by atoms with Crippen LogP contribution in [0.25, 0.3) is 5.65 Å². The third-order valence-corrected chi connectivity index (χ3v) is 8.21. The summed E-state index contributed by atoms with van der Waals surface area (Å²) in [6, 6.07) is 16.2. The van der Waals surface area contributed by atoms with Crippen LogP contribution in [0.4, 0.5) is 5.82 Å². The zero-order valence-corrected chi connectivity index (χ0v) is 20.4. The van der Waals surface area contributed by atoms with Gasteiger partial charge in [-0.25, -0.2) is 4.98 Å². The molecule has 2 aromatic heterocycles. The van der Waals surface area contributed by atoms with Crippen LogP contribution in [0.15, 0.2) is 48.7 Å². The minimum absolute atomic E-state index is 0.545. The molecule has 3 aliphatic rings. The van der Waals surface area contributed by atoms with Crippen molar-refractivity contribution < 1.29 is 4.74 Å². The van der Waals surface area contributed by atoms with Gasteiger partial charge in [0.2, 0.25) is 0 Å². The molecule has 0 saturated carbocycles. The predicted molar refractivity (Wildman–Crippen MR) is 136 cm³/mol. The summed E-state index contributed by atoms with van der Waals surface area (Å²) >= 11 is 0. The molecule has 34 heavy (non-hydrogen) atoms. The van der Waals surface area contributed by atoms with Crippen LogP contribution < -0.4 is 4.90 Å². The Morgan fingerprint density at radius 1 is 0.971 bits per heavy atom. The molecule has 4 heterocycles. The van der Waals surface area contributed by atoms with Crippen molar-refractivity contribution in [1.29, 1.82) is 0 Å². The van der Waals surface area contributed by atoms with E-state index in [1.54, 1.807) is 18.2 Å². The topological polar surface area (TPSA) is 36.2 Å². The van der Waals surface area contributed by atoms with Crippen LogP contribution in [0, 0.1) is 5.92 Å². The number of fused-ring (bicyclic) bond motifs is 4. The van der Waals surface area contributed by atoms with Gasteiger partial charge in [-0.2, -0.15) is 0 Å². The van der Waals surface area contributed by atoms with Gasteiger partial charge in [0.1, 0.15) is 11.5 Å². The van der Waals surface area contributed by atoms with Crippen LogP contribution in [0.2, 0.25) is 0 Å². The summed E-state index contributed by atoms with van der Waals surface area (Å²) in [4.78, 5) is 12.8. The van der Waals surface area contributed by atoms with Gasteiger partial charge in [0.05, 0.1) is 12.3 Å². The summed E-state index contributed by atoms with van der Waals surface area (Å²) in [7, 11) is 1.78. The molecule has 1 aliphatic carbocycles. The van der Waals surface area contributed by atoms with Crippen molar-refractivity contribution in [3.63, 3.8) is 0 Å². The first-order valence-corrected chi connectivity index (χ1v) is 13.1. The standard InChI is InChI=1S/C28H37N5O/c1-34-19-18-30-14-16-31(17-15-30)27-10-4-9-26-29-24(21-33(26)27)20-32-13-5-7-23-12-11-22-6-2-3-8-25(22)28(23)32/h2-4,6,8-10,21,23,28H,5,7,11-20H2,1H3/t23-,28-/m0/s1. The molecule has 0 spiro atoms. The van der Waals surface area contributed by atoms with Gasteiger partial charge in [-0.3, -0.25) is 14.2 Å². The van der Waals surface area contributed by atoms with Crippen LogP contribution in [-0.2, 0) is 17.7 Å². The SMILES string of the molecule is COCCN1CCN(c2cccc3nc(CN4CCC[C@H]5CCc6ccccc6[C@H]54)cn23)CC1. The van der Waals surface area contributed by atoms with E-state index >= 15 is 0 Å². The largest absolute Gasteiger partial charge is 0.383 e. The number of hydrogen-bond donors (Lipinski definition) is 0. The van der Waals surface area contributed by atoms with Gasteiger partial charge in [-0.05, 0) is 61.4 Å². The van der Waals surface area contributed by atoms with E-state index in [1.165, 1.54) is 43.7 Å². The second-order valence-corrected chi connectivity index (χ2v) is 10.2. The molecular weight excluding hydrogens is 422 g/mol. The summed E-state index contributed by atoms with van der Waals surface area (Å²) in [6.07, 6.45) is 7.52. The molecule has 6 nitrogen and oxygen atoms in total. The van der Waals surface area contributed by atoms with Crippen LogP contribution in [0.1, 0.15) is 42.1 Å². The molecule has 0 unspecified atom stereocenters. The number of pyridine rings is 1. The summed E-state index contributed by atoms with van der Waals surface area (Å²) in [6.45, 7) is 8.18. The Labute approximate surface area is 203 Å².